The molecular weight excluding hydrogens is 396 g/mol. The second kappa shape index (κ2) is 7.63. The van der Waals surface area contributed by atoms with Crippen LogP contribution < -0.4 is 0 Å². The second-order valence-electron chi connectivity index (χ2n) is 5.81. The van der Waals surface area contributed by atoms with Gasteiger partial charge in [-0.05, 0) is 36.2 Å². The molecule has 0 fully saturated rings. The molecule has 0 saturated carbocycles. The molecule has 0 bridgehead atoms. The van der Waals surface area contributed by atoms with Crippen molar-refractivity contribution in [2.45, 2.75) is 19.5 Å². The number of rotatable bonds is 5. The molecule has 0 saturated heterocycles. The molecule has 6 heteroatoms. The predicted molar refractivity (Wildman–Crippen MR) is 100 cm³/mol. The van der Waals surface area contributed by atoms with Gasteiger partial charge in [0.15, 0.2) is 0 Å². The Morgan fingerprint density at radius 3 is 2.62 bits per heavy atom. The van der Waals surface area contributed by atoms with Crippen molar-refractivity contribution in [1.29, 1.82) is 5.26 Å². The molecule has 1 atom stereocenters. The van der Waals surface area contributed by atoms with Gasteiger partial charge in [0.05, 0.1) is 6.61 Å². The molecule has 1 heterocycles. The van der Waals surface area contributed by atoms with Gasteiger partial charge in [-0.15, -0.1) is 0 Å². The van der Waals surface area contributed by atoms with Gasteiger partial charge in [0.25, 0.3) is 11.9 Å². The molecule has 26 heavy (non-hydrogen) atoms. The highest BCUT2D eigenvalue weighted by Gasteiger charge is 2.40. The van der Waals surface area contributed by atoms with Gasteiger partial charge in [-0.25, -0.2) is 0 Å². The lowest BCUT2D eigenvalue weighted by Crippen LogP contribution is -2.29. The minimum Gasteiger partial charge on any atom is -0.480 e. The number of halogens is 1. The molecule has 0 radical (unpaired) electrons. The highest BCUT2D eigenvalue weighted by molar-refractivity contribution is 9.10. The fourth-order valence-electron chi connectivity index (χ4n) is 3.07. The molecule has 5 nitrogen and oxygen atoms in total. The van der Waals surface area contributed by atoms with Crippen molar-refractivity contribution in [3.63, 3.8) is 0 Å². The van der Waals surface area contributed by atoms with Gasteiger partial charge in [-0.3, -0.25) is 4.79 Å². The highest BCUT2D eigenvalue weighted by atomic mass is 79.9. The van der Waals surface area contributed by atoms with E-state index in [9.17, 15) is 15.2 Å². The first-order valence-electron chi connectivity index (χ1n) is 8.17. The number of nitriles is 1. The largest absolute Gasteiger partial charge is 0.480 e. The van der Waals surface area contributed by atoms with E-state index in [0.717, 1.165) is 10.0 Å². The first-order chi connectivity index (χ1) is 12.6. The van der Waals surface area contributed by atoms with Crippen molar-refractivity contribution in [2.75, 3.05) is 6.61 Å². The van der Waals surface area contributed by atoms with Crippen LogP contribution >= 0.6 is 15.9 Å². The zero-order chi connectivity index (χ0) is 18.7. The Bertz CT molecular complexity index is 900. The lowest BCUT2D eigenvalue weighted by Gasteiger charge is -2.25. The van der Waals surface area contributed by atoms with Crippen LogP contribution in [0.3, 0.4) is 0 Å². The van der Waals surface area contributed by atoms with Gasteiger partial charge in [0.1, 0.15) is 17.7 Å². The summed E-state index contributed by atoms with van der Waals surface area (Å²) in [5.74, 6) is -0.615. The van der Waals surface area contributed by atoms with Gasteiger partial charge in [-0.1, -0.05) is 46.3 Å². The minimum absolute atomic E-state index is 0.0299. The smallest absolute Gasteiger partial charge is 0.293 e. The Kier molecular flexibility index (Phi) is 5.29. The lowest BCUT2D eigenvalue weighted by atomic mass is 9.99. The highest BCUT2D eigenvalue weighted by Crippen LogP contribution is 2.40. The van der Waals surface area contributed by atoms with Gasteiger partial charge in [0.2, 0.25) is 0 Å². The van der Waals surface area contributed by atoms with Crippen LogP contribution in [0.2, 0.25) is 0 Å². The van der Waals surface area contributed by atoms with Gasteiger partial charge in [-0.2, -0.15) is 5.26 Å². The number of ether oxygens (including phenoxy) is 1. The SMILES string of the molecule is CCO/C(O)=C(/C#N)C1c2ccccc2C(=O)N1Cc1ccc(Br)cc1. The van der Waals surface area contributed by atoms with Crippen molar-refractivity contribution < 1.29 is 14.6 Å². The van der Waals surface area contributed by atoms with E-state index >= 15 is 0 Å². The monoisotopic (exact) mass is 412 g/mol. The molecule has 2 aromatic carbocycles. The Labute approximate surface area is 160 Å². The van der Waals surface area contributed by atoms with E-state index in [2.05, 4.69) is 15.9 Å². The third-order valence-electron chi connectivity index (χ3n) is 4.23. The fourth-order valence-corrected chi connectivity index (χ4v) is 3.34. The summed E-state index contributed by atoms with van der Waals surface area (Å²) >= 11 is 3.40. The summed E-state index contributed by atoms with van der Waals surface area (Å²) in [6.45, 7) is 2.26. The van der Waals surface area contributed by atoms with Crippen LogP contribution in [-0.4, -0.2) is 22.5 Å². The zero-order valence-corrected chi connectivity index (χ0v) is 15.7. The van der Waals surface area contributed by atoms with Crippen LogP contribution in [0.4, 0.5) is 0 Å². The van der Waals surface area contributed by atoms with Crippen LogP contribution in [0.1, 0.15) is 34.5 Å². The van der Waals surface area contributed by atoms with Gasteiger partial charge < -0.3 is 14.7 Å². The number of amides is 1. The molecule has 0 aliphatic carbocycles. The van der Waals surface area contributed by atoms with Crippen LogP contribution in [0.25, 0.3) is 0 Å². The van der Waals surface area contributed by atoms with Crippen LogP contribution in [0.15, 0.2) is 64.5 Å². The van der Waals surface area contributed by atoms with Crippen molar-refractivity contribution >= 4 is 21.8 Å². The Morgan fingerprint density at radius 1 is 1.27 bits per heavy atom. The van der Waals surface area contributed by atoms with E-state index in [0.29, 0.717) is 17.7 Å². The molecule has 2 aromatic rings. The molecule has 1 aliphatic rings. The molecule has 132 valence electrons. The van der Waals surface area contributed by atoms with Crippen LogP contribution in [-0.2, 0) is 11.3 Å². The number of aliphatic hydroxyl groups excluding tert-OH is 1. The molecule has 3 rings (SSSR count). The third-order valence-corrected chi connectivity index (χ3v) is 4.76. The maximum absolute atomic E-state index is 12.9. The topological polar surface area (TPSA) is 73.6 Å². The van der Waals surface area contributed by atoms with Crippen molar-refractivity contribution in [1.82, 2.24) is 4.90 Å². The average Bonchev–Trinajstić information content (AvgIpc) is 2.91. The summed E-state index contributed by atoms with van der Waals surface area (Å²) in [5, 5.41) is 19.8. The Morgan fingerprint density at radius 2 is 1.96 bits per heavy atom. The number of hydrogen-bond donors (Lipinski definition) is 1. The first-order valence-corrected chi connectivity index (χ1v) is 8.96. The summed E-state index contributed by atoms with van der Waals surface area (Å²) in [5.41, 5.74) is 2.18. The Balaban J connectivity index is 2.06. The zero-order valence-electron chi connectivity index (χ0n) is 14.1. The van der Waals surface area contributed by atoms with E-state index in [-0.39, 0.29) is 18.1 Å². The number of fused-ring (bicyclic) bond motifs is 1. The number of nitrogens with zero attached hydrogens (tertiary/aromatic N) is 2. The standard InChI is InChI=1S/C20H17BrN2O3/c1-2-26-20(25)17(11-22)18-15-5-3-4-6-16(15)19(24)23(18)12-13-7-9-14(21)10-8-13/h3-10,18,25H,2,12H2,1H3/b20-17-. The maximum Gasteiger partial charge on any atom is 0.293 e. The summed E-state index contributed by atoms with van der Waals surface area (Å²) in [6.07, 6.45) is 0. The van der Waals surface area contributed by atoms with Gasteiger partial charge in [0, 0.05) is 16.6 Å². The summed E-state index contributed by atoms with van der Waals surface area (Å²) in [7, 11) is 0. The molecule has 1 aliphatic heterocycles. The lowest BCUT2D eigenvalue weighted by molar-refractivity contribution is 0.0700. The number of carbonyl (C=O) groups is 1. The van der Waals surface area contributed by atoms with E-state index in [1.807, 2.05) is 36.4 Å². The van der Waals surface area contributed by atoms with E-state index in [1.54, 1.807) is 30.0 Å². The minimum atomic E-state index is -0.682. The molecule has 1 amide bonds. The number of benzene rings is 2. The van der Waals surface area contributed by atoms with Crippen LogP contribution in [0.5, 0.6) is 0 Å². The van der Waals surface area contributed by atoms with E-state index < -0.39 is 12.0 Å². The summed E-state index contributed by atoms with van der Waals surface area (Å²) < 4.78 is 6.09. The van der Waals surface area contributed by atoms with Crippen molar-refractivity contribution in [3.05, 3.63) is 81.2 Å². The molecule has 0 spiro atoms. The third kappa shape index (κ3) is 3.31. The second-order valence-corrected chi connectivity index (χ2v) is 6.73. The van der Waals surface area contributed by atoms with E-state index in [1.165, 1.54) is 0 Å². The molecular formula is C20H17BrN2O3. The summed E-state index contributed by atoms with van der Waals surface area (Å²) in [4.78, 5) is 14.5. The molecule has 1 unspecified atom stereocenters. The number of aliphatic hydroxyl groups is 1. The average molecular weight is 413 g/mol. The predicted octanol–water partition coefficient (Wildman–Crippen LogP) is 4.48. The van der Waals surface area contributed by atoms with Gasteiger partial charge >= 0.3 is 0 Å². The first kappa shape index (κ1) is 18.0. The summed E-state index contributed by atoms with van der Waals surface area (Å²) in [6, 6.07) is 16.1. The molecule has 0 aromatic heterocycles. The normalized spacial score (nSPS) is 16.7. The van der Waals surface area contributed by atoms with E-state index in [4.69, 9.17) is 4.74 Å². The van der Waals surface area contributed by atoms with Crippen molar-refractivity contribution in [3.8, 4) is 6.07 Å². The molecule has 1 N–H and O–H groups in total. The fraction of sp³-hybridized carbons (Fsp3) is 0.200. The maximum atomic E-state index is 12.9. The van der Waals surface area contributed by atoms with Crippen molar-refractivity contribution in [2.24, 2.45) is 0 Å². The number of hydrogen-bond acceptors (Lipinski definition) is 4. The quantitative estimate of drug-likeness (QED) is 0.580. The van der Waals surface area contributed by atoms with Crippen LogP contribution in [0, 0.1) is 11.3 Å². The number of carbonyl (C=O) groups excluding carboxylic acids is 1. The Hall–Kier alpha value is -2.78.